The van der Waals surface area contributed by atoms with Gasteiger partial charge in [-0.1, -0.05) is 17.7 Å². The summed E-state index contributed by atoms with van der Waals surface area (Å²) >= 11 is 6.32. The van der Waals surface area contributed by atoms with Crippen molar-refractivity contribution in [3.63, 3.8) is 0 Å². The molecular formula is C22H20ClNO7. The number of hydrogen-bond donors (Lipinski definition) is 0. The third kappa shape index (κ3) is 5.35. The van der Waals surface area contributed by atoms with Crippen LogP contribution < -0.4 is 14.2 Å². The molecule has 0 fully saturated rings. The lowest BCUT2D eigenvalue weighted by atomic mass is 10.1. The van der Waals surface area contributed by atoms with E-state index in [9.17, 15) is 9.59 Å². The summed E-state index contributed by atoms with van der Waals surface area (Å²) in [7, 11) is 2.80. The maximum absolute atomic E-state index is 12.3. The molecule has 0 bridgehead atoms. The van der Waals surface area contributed by atoms with Crippen LogP contribution in [0.4, 0.5) is 0 Å². The number of benzene rings is 2. The highest BCUT2D eigenvalue weighted by Gasteiger charge is 2.25. The Hall–Kier alpha value is -3.52. The fraction of sp³-hybridized carbons (Fsp3) is 0.227. The Kier molecular flexibility index (Phi) is 7.15. The van der Waals surface area contributed by atoms with Crippen molar-refractivity contribution in [1.29, 1.82) is 0 Å². The molecule has 1 aliphatic rings. The van der Waals surface area contributed by atoms with E-state index < -0.39 is 11.9 Å². The van der Waals surface area contributed by atoms with Gasteiger partial charge in [0.25, 0.3) is 0 Å². The smallest absolute Gasteiger partial charge is 0.363 e. The van der Waals surface area contributed by atoms with E-state index in [1.807, 2.05) is 0 Å². The van der Waals surface area contributed by atoms with Crippen molar-refractivity contribution in [1.82, 2.24) is 0 Å². The molecule has 31 heavy (non-hydrogen) atoms. The first-order valence-corrected chi connectivity index (χ1v) is 9.66. The van der Waals surface area contributed by atoms with E-state index in [4.69, 9.17) is 30.5 Å². The van der Waals surface area contributed by atoms with Crippen LogP contribution in [-0.4, -0.2) is 45.3 Å². The summed E-state index contributed by atoms with van der Waals surface area (Å²) in [5.74, 6) is 0.143. The number of methoxy groups -OCH3 is 2. The molecule has 0 saturated heterocycles. The molecular weight excluding hydrogens is 426 g/mol. The van der Waals surface area contributed by atoms with Crippen molar-refractivity contribution in [2.24, 2.45) is 4.99 Å². The summed E-state index contributed by atoms with van der Waals surface area (Å²) in [4.78, 5) is 28.0. The lowest BCUT2D eigenvalue weighted by Crippen LogP contribution is -2.13. The molecule has 2 aromatic carbocycles. The largest absolute Gasteiger partial charge is 0.497 e. The zero-order chi connectivity index (χ0) is 22.4. The Morgan fingerprint density at radius 2 is 2.00 bits per heavy atom. The fourth-order valence-electron chi connectivity index (χ4n) is 2.71. The minimum atomic E-state index is -0.599. The van der Waals surface area contributed by atoms with Crippen LogP contribution in [0.1, 0.15) is 18.1 Å². The van der Waals surface area contributed by atoms with Crippen LogP contribution >= 0.6 is 11.6 Å². The molecule has 0 aromatic heterocycles. The monoisotopic (exact) mass is 445 g/mol. The molecule has 0 atom stereocenters. The van der Waals surface area contributed by atoms with Crippen LogP contribution in [0, 0.1) is 0 Å². The van der Waals surface area contributed by atoms with Gasteiger partial charge in [-0.25, -0.2) is 14.6 Å². The number of cyclic esters (lactones) is 1. The van der Waals surface area contributed by atoms with Crippen LogP contribution in [0.25, 0.3) is 6.08 Å². The third-order valence-corrected chi connectivity index (χ3v) is 4.42. The van der Waals surface area contributed by atoms with Crippen LogP contribution in [-0.2, 0) is 19.1 Å². The molecule has 0 saturated carbocycles. The average molecular weight is 446 g/mol. The predicted molar refractivity (Wildman–Crippen MR) is 114 cm³/mol. The molecule has 8 nitrogen and oxygen atoms in total. The Bertz CT molecular complexity index is 1060. The average Bonchev–Trinajstić information content (AvgIpc) is 3.13. The number of rotatable bonds is 8. The van der Waals surface area contributed by atoms with Crippen molar-refractivity contribution in [3.05, 3.63) is 58.2 Å². The van der Waals surface area contributed by atoms with Gasteiger partial charge in [-0.05, 0) is 48.9 Å². The summed E-state index contributed by atoms with van der Waals surface area (Å²) in [5, 5.41) is 0.199. The van der Waals surface area contributed by atoms with E-state index in [1.54, 1.807) is 50.4 Å². The number of halogens is 1. The molecule has 1 heterocycles. The van der Waals surface area contributed by atoms with Crippen molar-refractivity contribution in [3.8, 4) is 17.2 Å². The summed E-state index contributed by atoms with van der Waals surface area (Å²) in [6.07, 6.45) is 1.52. The normalized spacial score (nSPS) is 14.1. The van der Waals surface area contributed by atoms with Gasteiger partial charge in [0.05, 0.1) is 25.8 Å². The Morgan fingerprint density at radius 3 is 2.71 bits per heavy atom. The number of esters is 2. The van der Waals surface area contributed by atoms with Gasteiger partial charge in [0, 0.05) is 5.56 Å². The van der Waals surface area contributed by atoms with E-state index in [-0.39, 0.29) is 29.0 Å². The molecule has 2 aromatic rings. The van der Waals surface area contributed by atoms with Gasteiger partial charge >= 0.3 is 11.9 Å². The third-order valence-electron chi connectivity index (χ3n) is 4.13. The maximum Gasteiger partial charge on any atom is 0.363 e. The van der Waals surface area contributed by atoms with Crippen LogP contribution in [0.3, 0.4) is 0 Å². The van der Waals surface area contributed by atoms with Crippen molar-refractivity contribution in [2.75, 3.05) is 27.4 Å². The van der Waals surface area contributed by atoms with Gasteiger partial charge in [0.2, 0.25) is 5.90 Å². The quantitative estimate of drug-likeness (QED) is 0.452. The standard InChI is InChI=1S/C22H20ClNO7/c1-4-29-18-10-13(8-16(23)20(18)30-12-19(25)28-3)9-17-22(26)31-21(24-17)14-6-5-7-15(11-14)27-2/h5-11H,4,12H2,1-3H3/b17-9+. The predicted octanol–water partition coefficient (Wildman–Crippen LogP) is 3.64. The molecule has 0 radical (unpaired) electrons. The first-order valence-electron chi connectivity index (χ1n) is 9.28. The van der Waals surface area contributed by atoms with Crippen molar-refractivity contribution >= 4 is 35.5 Å². The topological polar surface area (TPSA) is 92.6 Å². The second-order valence-corrected chi connectivity index (χ2v) is 6.60. The molecule has 0 amide bonds. The molecule has 0 unspecified atom stereocenters. The highest BCUT2D eigenvalue weighted by Crippen LogP contribution is 2.37. The molecule has 0 N–H and O–H groups in total. The summed E-state index contributed by atoms with van der Waals surface area (Å²) in [6.45, 7) is 1.81. The Balaban J connectivity index is 1.91. The SMILES string of the molecule is CCOc1cc(/C=C2/N=C(c3cccc(OC)c3)OC2=O)cc(Cl)c1OCC(=O)OC. The zero-order valence-corrected chi connectivity index (χ0v) is 17.9. The van der Waals surface area contributed by atoms with Crippen molar-refractivity contribution in [2.45, 2.75) is 6.92 Å². The van der Waals surface area contributed by atoms with E-state index >= 15 is 0 Å². The number of ether oxygens (including phenoxy) is 5. The van der Waals surface area contributed by atoms with Crippen molar-refractivity contribution < 1.29 is 33.3 Å². The van der Waals surface area contributed by atoms with Gasteiger partial charge in [-0.2, -0.15) is 0 Å². The second-order valence-electron chi connectivity index (χ2n) is 6.20. The molecule has 162 valence electrons. The summed E-state index contributed by atoms with van der Waals surface area (Å²) < 4.78 is 26.0. The zero-order valence-electron chi connectivity index (χ0n) is 17.1. The molecule has 1 aliphatic heterocycles. The molecule has 0 aliphatic carbocycles. The van der Waals surface area contributed by atoms with Gasteiger partial charge < -0.3 is 23.7 Å². The van der Waals surface area contributed by atoms with Crippen LogP contribution in [0.5, 0.6) is 17.2 Å². The number of nitrogens with zero attached hydrogens (tertiary/aromatic N) is 1. The van der Waals surface area contributed by atoms with E-state index in [0.29, 0.717) is 29.2 Å². The number of aliphatic imine (C=N–C) groups is 1. The van der Waals surface area contributed by atoms with Crippen LogP contribution in [0.15, 0.2) is 47.1 Å². The van der Waals surface area contributed by atoms with E-state index in [0.717, 1.165) is 0 Å². The molecule has 0 spiro atoms. The fourth-order valence-corrected chi connectivity index (χ4v) is 2.98. The minimum absolute atomic E-state index is 0.0968. The number of carbonyl (C=O) groups is 2. The Morgan fingerprint density at radius 1 is 1.19 bits per heavy atom. The van der Waals surface area contributed by atoms with Gasteiger partial charge in [0.15, 0.2) is 23.8 Å². The second kappa shape index (κ2) is 9.99. The van der Waals surface area contributed by atoms with Gasteiger partial charge in [-0.15, -0.1) is 0 Å². The first kappa shape index (κ1) is 22.2. The van der Waals surface area contributed by atoms with E-state index in [2.05, 4.69) is 9.73 Å². The molecule has 9 heteroatoms. The van der Waals surface area contributed by atoms with Crippen LogP contribution in [0.2, 0.25) is 5.02 Å². The van der Waals surface area contributed by atoms with E-state index in [1.165, 1.54) is 13.2 Å². The number of carbonyl (C=O) groups excluding carboxylic acids is 2. The highest BCUT2D eigenvalue weighted by atomic mass is 35.5. The summed E-state index contributed by atoms with van der Waals surface area (Å²) in [5.41, 5.74) is 1.25. The lowest BCUT2D eigenvalue weighted by molar-refractivity contribution is -0.143. The maximum atomic E-state index is 12.3. The van der Waals surface area contributed by atoms with Gasteiger partial charge in [-0.3, -0.25) is 0 Å². The summed E-state index contributed by atoms with van der Waals surface area (Å²) in [6, 6.07) is 10.2. The molecule has 3 rings (SSSR count). The lowest BCUT2D eigenvalue weighted by Gasteiger charge is -2.13. The highest BCUT2D eigenvalue weighted by molar-refractivity contribution is 6.32. The minimum Gasteiger partial charge on any atom is -0.497 e. The first-order chi connectivity index (χ1) is 14.9. The number of hydrogen-bond acceptors (Lipinski definition) is 8. The van der Waals surface area contributed by atoms with Gasteiger partial charge in [0.1, 0.15) is 5.75 Å². The Labute approximate surface area is 184 Å².